The first kappa shape index (κ1) is 17.8. The highest BCUT2D eigenvalue weighted by Crippen LogP contribution is 2.22. The lowest BCUT2D eigenvalue weighted by Gasteiger charge is -2.27. The van der Waals surface area contributed by atoms with E-state index < -0.39 is 0 Å². The fraction of sp³-hybridized carbons (Fsp3) is 0.190. The van der Waals surface area contributed by atoms with E-state index in [1.807, 2.05) is 6.20 Å². The van der Waals surface area contributed by atoms with E-state index in [2.05, 4.69) is 58.8 Å². The Morgan fingerprint density at radius 3 is 2.76 bits per heavy atom. The van der Waals surface area contributed by atoms with Gasteiger partial charge in [0.1, 0.15) is 12.2 Å². The van der Waals surface area contributed by atoms with Crippen molar-refractivity contribution >= 4 is 11.3 Å². The Morgan fingerprint density at radius 1 is 1.10 bits per heavy atom. The molecule has 0 saturated carbocycles. The Balaban J connectivity index is 1.33. The van der Waals surface area contributed by atoms with Crippen LogP contribution in [0.5, 0.6) is 0 Å². The number of aromatic nitrogens is 5. The Morgan fingerprint density at radius 2 is 2.00 bits per heavy atom. The van der Waals surface area contributed by atoms with E-state index in [1.165, 1.54) is 6.33 Å². The van der Waals surface area contributed by atoms with Crippen molar-refractivity contribution in [1.82, 2.24) is 29.8 Å². The van der Waals surface area contributed by atoms with Gasteiger partial charge in [-0.05, 0) is 23.1 Å². The molecule has 0 aromatic carbocycles. The van der Waals surface area contributed by atoms with Crippen LogP contribution in [0, 0.1) is 0 Å². The molecule has 1 N–H and O–H groups in total. The van der Waals surface area contributed by atoms with Gasteiger partial charge in [0.2, 0.25) is 0 Å². The molecule has 29 heavy (non-hydrogen) atoms. The van der Waals surface area contributed by atoms with Crippen molar-refractivity contribution in [2.75, 3.05) is 6.54 Å². The molecule has 4 aromatic heterocycles. The van der Waals surface area contributed by atoms with Gasteiger partial charge in [-0.15, -0.1) is 0 Å². The summed E-state index contributed by atoms with van der Waals surface area (Å²) in [6, 6.07) is 6.23. The zero-order valence-corrected chi connectivity index (χ0v) is 16.4. The first-order valence-corrected chi connectivity index (χ1v) is 10.3. The molecule has 5 rings (SSSR count). The lowest BCUT2D eigenvalue weighted by Crippen LogP contribution is -2.35. The number of nitrogens with one attached hydrogen (secondary N) is 1. The number of hydrogen-bond acceptors (Lipinski definition) is 7. The molecule has 0 aliphatic carbocycles. The molecule has 0 spiro atoms. The fourth-order valence-corrected chi connectivity index (χ4v) is 4.18. The lowest BCUT2D eigenvalue weighted by molar-refractivity contribution is 0.241. The van der Waals surface area contributed by atoms with Gasteiger partial charge in [0, 0.05) is 55.6 Å². The van der Waals surface area contributed by atoms with Crippen molar-refractivity contribution in [3.8, 4) is 22.6 Å². The number of hydrogen-bond donors (Lipinski definition) is 1. The van der Waals surface area contributed by atoms with Crippen LogP contribution in [-0.2, 0) is 19.5 Å². The van der Waals surface area contributed by atoms with Gasteiger partial charge in [0.15, 0.2) is 0 Å². The molecule has 0 radical (unpaired) electrons. The molecular weight excluding hydrogens is 384 g/mol. The van der Waals surface area contributed by atoms with E-state index in [0.717, 1.165) is 47.6 Å². The minimum atomic E-state index is -0.0931. The second-order valence-corrected chi connectivity index (χ2v) is 7.77. The fourth-order valence-electron chi connectivity index (χ4n) is 3.53. The van der Waals surface area contributed by atoms with Crippen molar-refractivity contribution in [2.24, 2.45) is 0 Å². The number of rotatable bonds is 4. The summed E-state index contributed by atoms with van der Waals surface area (Å²) in [7, 11) is 0. The van der Waals surface area contributed by atoms with E-state index >= 15 is 0 Å². The predicted molar refractivity (Wildman–Crippen MR) is 111 cm³/mol. The van der Waals surface area contributed by atoms with E-state index in [0.29, 0.717) is 17.9 Å². The minimum absolute atomic E-state index is 0.0931. The summed E-state index contributed by atoms with van der Waals surface area (Å²) in [5.74, 6) is 0.524. The SMILES string of the molecule is O=c1[nH]c(-c2cncnc2)nc2c1CN(Cc1ccc(-c3ccsc3)nc1)CC2. The summed E-state index contributed by atoms with van der Waals surface area (Å²) in [5, 5.41) is 4.15. The summed E-state index contributed by atoms with van der Waals surface area (Å²) in [6.45, 7) is 2.18. The van der Waals surface area contributed by atoms with Crippen LogP contribution in [0.15, 0.2) is 58.7 Å². The van der Waals surface area contributed by atoms with E-state index in [1.54, 1.807) is 23.7 Å². The van der Waals surface area contributed by atoms with Crippen LogP contribution in [-0.4, -0.2) is 36.4 Å². The highest BCUT2D eigenvalue weighted by atomic mass is 32.1. The number of aromatic amines is 1. The largest absolute Gasteiger partial charge is 0.306 e. The Hall–Kier alpha value is -3.23. The number of H-pyrrole nitrogens is 1. The summed E-state index contributed by atoms with van der Waals surface area (Å²) >= 11 is 1.67. The van der Waals surface area contributed by atoms with Crippen molar-refractivity contribution in [1.29, 1.82) is 0 Å². The van der Waals surface area contributed by atoms with Crippen LogP contribution in [0.3, 0.4) is 0 Å². The van der Waals surface area contributed by atoms with E-state index in [-0.39, 0.29) is 5.56 Å². The molecule has 1 aliphatic heterocycles. The van der Waals surface area contributed by atoms with Crippen molar-refractivity contribution in [3.63, 3.8) is 0 Å². The van der Waals surface area contributed by atoms with Crippen LogP contribution >= 0.6 is 11.3 Å². The first-order valence-electron chi connectivity index (χ1n) is 9.33. The van der Waals surface area contributed by atoms with Crippen LogP contribution in [0.2, 0.25) is 0 Å². The molecule has 7 nitrogen and oxygen atoms in total. The molecule has 4 aromatic rings. The van der Waals surface area contributed by atoms with Gasteiger partial charge < -0.3 is 4.98 Å². The topological polar surface area (TPSA) is 87.7 Å². The molecule has 0 bridgehead atoms. The Labute approximate surface area is 171 Å². The highest BCUT2D eigenvalue weighted by molar-refractivity contribution is 7.08. The summed E-state index contributed by atoms with van der Waals surface area (Å²) < 4.78 is 0. The molecule has 144 valence electrons. The molecule has 8 heteroatoms. The maximum absolute atomic E-state index is 12.7. The highest BCUT2D eigenvalue weighted by Gasteiger charge is 2.21. The van der Waals surface area contributed by atoms with Gasteiger partial charge in [0.05, 0.1) is 22.5 Å². The van der Waals surface area contributed by atoms with Gasteiger partial charge in [0.25, 0.3) is 5.56 Å². The number of nitrogens with zero attached hydrogens (tertiary/aromatic N) is 5. The van der Waals surface area contributed by atoms with Crippen LogP contribution in [0.1, 0.15) is 16.8 Å². The summed E-state index contributed by atoms with van der Waals surface area (Å²) in [4.78, 5) is 35.0. The number of fused-ring (bicyclic) bond motifs is 1. The standard InChI is InChI=1S/C21H18N6OS/c28-21-17-11-27(10-14-1-2-18(24-7-14)15-4-6-29-12-15)5-3-19(17)25-20(26-21)16-8-22-13-23-9-16/h1-2,4,6-9,12-13H,3,5,10-11H2,(H,25,26,28). The van der Waals surface area contributed by atoms with Crippen LogP contribution in [0.4, 0.5) is 0 Å². The second-order valence-electron chi connectivity index (χ2n) is 6.99. The predicted octanol–water partition coefficient (Wildman–Crippen LogP) is 2.91. The second kappa shape index (κ2) is 7.65. The monoisotopic (exact) mass is 402 g/mol. The molecule has 0 amide bonds. The maximum Gasteiger partial charge on any atom is 0.255 e. The number of thiophene rings is 1. The minimum Gasteiger partial charge on any atom is -0.306 e. The summed E-state index contributed by atoms with van der Waals surface area (Å²) in [6.07, 6.45) is 7.42. The van der Waals surface area contributed by atoms with Crippen molar-refractivity contribution in [2.45, 2.75) is 19.5 Å². The maximum atomic E-state index is 12.7. The van der Waals surface area contributed by atoms with Crippen molar-refractivity contribution < 1.29 is 0 Å². The first-order chi connectivity index (χ1) is 14.3. The van der Waals surface area contributed by atoms with Crippen LogP contribution in [0.25, 0.3) is 22.6 Å². The lowest BCUT2D eigenvalue weighted by atomic mass is 10.1. The van der Waals surface area contributed by atoms with Gasteiger partial charge in [-0.2, -0.15) is 11.3 Å². The molecule has 5 heterocycles. The van der Waals surface area contributed by atoms with Crippen LogP contribution < -0.4 is 5.56 Å². The number of pyridine rings is 1. The quantitative estimate of drug-likeness (QED) is 0.565. The normalized spacial score (nSPS) is 13.9. The average Bonchev–Trinajstić information content (AvgIpc) is 3.30. The molecule has 0 fully saturated rings. The van der Waals surface area contributed by atoms with Gasteiger partial charge >= 0.3 is 0 Å². The Kier molecular flexibility index (Phi) is 4.71. The van der Waals surface area contributed by atoms with E-state index in [4.69, 9.17) is 0 Å². The van der Waals surface area contributed by atoms with Gasteiger partial charge in [-0.3, -0.25) is 14.7 Å². The molecular formula is C21H18N6OS. The molecule has 0 saturated heterocycles. The molecule has 0 atom stereocenters. The summed E-state index contributed by atoms with van der Waals surface area (Å²) in [5.41, 5.74) is 5.48. The third-order valence-corrected chi connectivity index (χ3v) is 5.71. The van der Waals surface area contributed by atoms with Gasteiger partial charge in [-0.1, -0.05) is 6.07 Å². The average molecular weight is 402 g/mol. The molecule has 0 unspecified atom stereocenters. The van der Waals surface area contributed by atoms with Gasteiger partial charge in [-0.25, -0.2) is 15.0 Å². The zero-order valence-electron chi connectivity index (χ0n) is 15.6. The smallest absolute Gasteiger partial charge is 0.255 e. The third-order valence-electron chi connectivity index (χ3n) is 5.03. The zero-order chi connectivity index (χ0) is 19.6. The van der Waals surface area contributed by atoms with E-state index in [9.17, 15) is 4.79 Å². The molecule has 1 aliphatic rings. The van der Waals surface area contributed by atoms with Crippen molar-refractivity contribution in [3.05, 3.63) is 81.1 Å². The third kappa shape index (κ3) is 3.72. The Bertz CT molecular complexity index is 1170.